The summed E-state index contributed by atoms with van der Waals surface area (Å²) in [6.07, 6.45) is 2.76. The van der Waals surface area contributed by atoms with E-state index in [1.54, 1.807) is 19.9 Å². The third kappa shape index (κ3) is 5.14. The summed E-state index contributed by atoms with van der Waals surface area (Å²) in [6, 6.07) is 11.2. The molecule has 2 aliphatic heterocycles. The third-order valence-electron chi connectivity index (χ3n) is 6.83. The smallest absolute Gasteiger partial charge is 0.258 e. The molecule has 33 heavy (non-hydrogen) atoms. The van der Waals surface area contributed by atoms with E-state index in [0.29, 0.717) is 12.1 Å². The molecule has 2 saturated heterocycles. The number of phenols is 2. The molecule has 4 rings (SSSR count). The van der Waals surface area contributed by atoms with Gasteiger partial charge in [0.25, 0.3) is 5.91 Å². The number of likely N-dealkylation sites (tertiary alicyclic amines) is 1. The maximum atomic E-state index is 13.3. The van der Waals surface area contributed by atoms with Gasteiger partial charge < -0.3 is 20.0 Å². The first-order valence-corrected chi connectivity index (χ1v) is 11.7. The number of benzene rings is 2. The highest BCUT2D eigenvalue weighted by Crippen LogP contribution is 2.36. The zero-order chi connectivity index (χ0) is 23.5. The number of nitrogens with zero attached hydrogens (tertiary/aromatic N) is 3. The fourth-order valence-corrected chi connectivity index (χ4v) is 4.97. The summed E-state index contributed by atoms with van der Waals surface area (Å²) in [7, 11) is 0. The Bertz CT molecular complexity index is 1040. The summed E-state index contributed by atoms with van der Waals surface area (Å²) in [5.41, 5.74) is 3.10. The van der Waals surface area contributed by atoms with E-state index >= 15 is 0 Å². The number of aromatic hydroxyl groups is 2. The highest BCUT2D eigenvalue weighted by molar-refractivity contribution is 5.97. The summed E-state index contributed by atoms with van der Waals surface area (Å²) in [5, 5.41) is 20.1. The molecule has 0 bridgehead atoms. The molecule has 0 spiro atoms. The van der Waals surface area contributed by atoms with Crippen molar-refractivity contribution in [2.45, 2.75) is 45.7 Å². The van der Waals surface area contributed by atoms with E-state index in [0.717, 1.165) is 57.5 Å². The van der Waals surface area contributed by atoms with Gasteiger partial charge in [0, 0.05) is 52.3 Å². The Kier molecular flexibility index (Phi) is 6.88. The highest BCUT2D eigenvalue weighted by Gasteiger charge is 2.32. The molecular weight excluding hydrogens is 418 g/mol. The van der Waals surface area contributed by atoms with Crippen molar-refractivity contribution in [3.05, 3.63) is 58.7 Å². The molecule has 2 aliphatic rings. The molecule has 7 nitrogen and oxygen atoms in total. The molecule has 2 amide bonds. The Labute approximate surface area is 195 Å². The average molecular weight is 452 g/mol. The first-order chi connectivity index (χ1) is 15.8. The van der Waals surface area contributed by atoms with Crippen LogP contribution in [0.1, 0.15) is 59.3 Å². The van der Waals surface area contributed by atoms with Gasteiger partial charge in [-0.2, -0.15) is 0 Å². The molecule has 1 atom stereocenters. The second kappa shape index (κ2) is 9.83. The molecule has 2 fully saturated rings. The lowest BCUT2D eigenvalue weighted by atomic mass is 10.0. The monoisotopic (exact) mass is 451 g/mol. The van der Waals surface area contributed by atoms with Crippen LogP contribution in [0.2, 0.25) is 0 Å². The largest absolute Gasteiger partial charge is 0.508 e. The van der Waals surface area contributed by atoms with Crippen molar-refractivity contribution in [3.63, 3.8) is 0 Å². The van der Waals surface area contributed by atoms with Crippen molar-refractivity contribution in [2.75, 3.05) is 32.7 Å². The molecule has 2 N–H and O–H groups in total. The van der Waals surface area contributed by atoms with Gasteiger partial charge in [0.15, 0.2) is 0 Å². The van der Waals surface area contributed by atoms with Gasteiger partial charge in [-0.15, -0.1) is 0 Å². The number of amides is 2. The number of hydrogen-bond donors (Lipinski definition) is 2. The average Bonchev–Trinajstić information content (AvgIpc) is 3.16. The van der Waals surface area contributed by atoms with Crippen LogP contribution in [0.5, 0.6) is 11.5 Å². The van der Waals surface area contributed by atoms with Crippen molar-refractivity contribution >= 4 is 11.8 Å². The first-order valence-electron chi connectivity index (χ1n) is 11.7. The predicted molar refractivity (Wildman–Crippen MR) is 126 cm³/mol. The first kappa shape index (κ1) is 23.1. The molecule has 0 radical (unpaired) electrons. The van der Waals surface area contributed by atoms with Gasteiger partial charge in [-0.3, -0.25) is 14.5 Å². The summed E-state index contributed by atoms with van der Waals surface area (Å²) >= 11 is 0. The van der Waals surface area contributed by atoms with Crippen molar-refractivity contribution < 1.29 is 19.8 Å². The van der Waals surface area contributed by atoms with Crippen LogP contribution in [0.15, 0.2) is 36.4 Å². The quantitative estimate of drug-likeness (QED) is 0.744. The number of carbonyl (C=O) groups is 2. The van der Waals surface area contributed by atoms with Crippen LogP contribution >= 0.6 is 0 Å². The minimum Gasteiger partial charge on any atom is -0.508 e. The number of phenolic OH excluding ortho intramolecular Hbond substituents is 2. The van der Waals surface area contributed by atoms with Crippen LogP contribution in [0.3, 0.4) is 0 Å². The lowest BCUT2D eigenvalue weighted by Gasteiger charge is -2.27. The molecule has 2 heterocycles. The number of rotatable bonds is 4. The summed E-state index contributed by atoms with van der Waals surface area (Å²) in [5.74, 6) is -0.280. The third-order valence-corrected chi connectivity index (χ3v) is 6.83. The molecule has 2 aromatic rings. The van der Waals surface area contributed by atoms with Gasteiger partial charge >= 0.3 is 0 Å². The van der Waals surface area contributed by atoms with Crippen LogP contribution in [-0.4, -0.2) is 69.5 Å². The number of carbonyl (C=O) groups excluding carboxylic acids is 2. The van der Waals surface area contributed by atoms with Gasteiger partial charge in [0.1, 0.15) is 11.5 Å². The Morgan fingerprint density at radius 3 is 2.58 bits per heavy atom. The van der Waals surface area contributed by atoms with E-state index in [-0.39, 0.29) is 34.9 Å². The molecule has 0 saturated carbocycles. The molecule has 0 aliphatic carbocycles. The minimum atomic E-state index is -0.208. The second-order valence-corrected chi connectivity index (χ2v) is 9.19. The van der Waals surface area contributed by atoms with Crippen molar-refractivity contribution in [3.8, 4) is 11.5 Å². The van der Waals surface area contributed by atoms with Crippen LogP contribution in [0.4, 0.5) is 0 Å². The standard InChI is InChI=1S/C26H33N3O4/c1-18-14-22(25(32)16-24(18)31)26(33)29-11-4-8-23(29)21-7-3-6-20(15-21)17-27-9-5-10-28(13-12-27)19(2)30/h3,6-7,14-16,23,31-32H,4-5,8-13,17H2,1-2H3. The second-order valence-electron chi connectivity index (χ2n) is 9.19. The van der Waals surface area contributed by atoms with E-state index in [1.807, 2.05) is 15.9 Å². The van der Waals surface area contributed by atoms with E-state index in [2.05, 4.69) is 23.1 Å². The Morgan fingerprint density at radius 2 is 1.79 bits per heavy atom. The summed E-state index contributed by atoms with van der Waals surface area (Å²) in [6.45, 7) is 8.20. The van der Waals surface area contributed by atoms with Gasteiger partial charge in [0.05, 0.1) is 11.6 Å². The van der Waals surface area contributed by atoms with Gasteiger partial charge in [-0.25, -0.2) is 0 Å². The van der Waals surface area contributed by atoms with Crippen LogP contribution in [0.25, 0.3) is 0 Å². The molecule has 1 unspecified atom stereocenters. The highest BCUT2D eigenvalue weighted by atomic mass is 16.3. The zero-order valence-corrected chi connectivity index (χ0v) is 19.5. The fourth-order valence-electron chi connectivity index (χ4n) is 4.97. The molecular formula is C26H33N3O4. The normalized spacial score (nSPS) is 19.5. The number of aryl methyl sites for hydroxylation is 1. The number of hydrogen-bond acceptors (Lipinski definition) is 5. The maximum Gasteiger partial charge on any atom is 0.258 e. The van der Waals surface area contributed by atoms with Gasteiger partial charge in [-0.05, 0) is 48.9 Å². The molecule has 176 valence electrons. The lowest BCUT2D eigenvalue weighted by molar-refractivity contribution is -0.128. The Hall–Kier alpha value is -3.06. The Balaban J connectivity index is 1.49. The Morgan fingerprint density at radius 1 is 0.970 bits per heavy atom. The maximum absolute atomic E-state index is 13.3. The lowest BCUT2D eigenvalue weighted by Crippen LogP contribution is -2.33. The fraction of sp³-hybridized carbons (Fsp3) is 0.462. The SMILES string of the molecule is CC(=O)N1CCCN(Cc2cccc(C3CCCN3C(=O)c3cc(C)c(O)cc3O)c2)CC1. The molecule has 7 heteroatoms. The summed E-state index contributed by atoms with van der Waals surface area (Å²) < 4.78 is 0. The van der Waals surface area contributed by atoms with E-state index in [4.69, 9.17) is 0 Å². The van der Waals surface area contributed by atoms with Crippen LogP contribution in [0, 0.1) is 6.92 Å². The van der Waals surface area contributed by atoms with Gasteiger partial charge in [0.2, 0.25) is 5.91 Å². The zero-order valence-electron chi connectivity index (χ0n) is 19.5. The van der Waals surface area contributed by atoms with Crippen molar-refractivity contribution in [2.24, 2.45) is 0 Å². The van der Waals surface area contributed by atoms with Crippen molar-refractivity contribution in [1.82, 2.24) is 14.7 Å². The van der Waals surface area contributed by atoms with Crippen molar-refractivity contribution in [1.29, 1.82) is 0 Å². The van der Waals surface area contributed by atoms with Crippen LogP contribution < -0.4 is 0 Å². The van der Waals surface area contributed by atoms with Gasteiger partial charge in [-0.1, -0.05) is 24.3 Å². The molecule has 2 aromatic carbocycles. The van der Waals surface area contributed by atoms with Crippen LogP contribution in [-0.2, 0) is 11.3 Å². The predicted octanol–water partition coefficient (Wildman–Crippen LogP) is 3.44. The van der Waals surface area contributed by atoms with E-state index in [1.165, 1.54) is 11.6 Å². The topological polar surface area (TPSA) is 84.3 Å². The van der Waals surface area contributed by atoms with E-state index < -0.39 is 0 Å². The summed E-state index contributed by atoms with van der Waals surface area (Å²) in [4.78, 5) is 31.1. The van der Waals surface area contributed by atoms with E-state index in [9.17, 15) is 19.8 Å². The molecule has 0 aromatic heterocycles. The minimum absolute atomic E-state index is 0.0188.